The quantitative estimate of drug-likeness (QED) is 0.893. The first-order valence-electron chi connectivity index (χ1n) is 7.53. The van der Waals surface area contributed by atoms with Gasteiger partial charge < -0.3 is 15.5 Å². The molecule has 1 saturated heterocycles. The van der Waals surface area contributed by atoms with E-state index >= 15 is 0 Å². The van der Waals surface area contributed by atoms with Crippen molar-refractivity contribution in [1.82, 2.24) is 10.2 Å². The van der Waals surface area contributed by atoms with Crippen molar-refractivity contribution in [2.75, 3.05) is 25.0 Å². The fourth-order valence-electron chi connectivity index (χ4n) is 2.61. The highest BCUT2D eigenvalue weighted by Gasteiger charge is 2.24. The van der Waals surface area contributed by atoms with Gasteiger partial charge in [-0.1, -0.05) is 6.92 Å². The van der Waals surface area contributed by atoms with Crippen molar-refractivity contribution in [3.05, 3.63) is 29.8 Å². The standard InChI is InChI=1S/C16H22N4O/c1-2-10-20(15-4-3-9-18-12-15)16(21)19-14-7-5-13(11-17)6-8-14/h5-8,15,18H,2-4,9-10,12H2,1H3,(H,19,21). The van der Waals surface area contributed by atoms with Crippen molar-refractivity contribution in [3.63, 3.8) is 0 Å². The number of urea groups is 1. The second-order valence-electron chi connectivity index (χ2n) is 5.31. The zero-order valence-electron chi connectivity index (χ0n) is 12.4. The molecule has 1 heterocycles. The fraction of sp³-hybridized carbons (Fsp3) is 0.500. The Hall–Kier alpha value is -2.06. The first-order valence-corrected chi connectivity index (χ1v) is 7.53. The van der Waals surface area contributed by atoms with Crippen molar-refractivity contribution in [2.24, 2.45) is 0 Å². The summed E-state index contributed by atoms with van der Waals surface area (Å²) in [6, 6.07) is 9.22. The van der Waals surface area contributed by atoms with E-state index in [9.17, 15) is 4.79 Å². The molecule has 112 valence electrons. The van der Waals surface area contributed by atoms with E-state index in [0.717, 1.165) is 44.6 Å². The fourth-order valence-corrected chi connectivity index (χ4v) is 2.61. The van der Waals surface area contributed by atoms with Crippen LogP contribution in [-0.4, -0.2) is 36.6 Å². The molecule has 5 heteroatoms. The maximum absolute atomic E-state index is 12.5. The molecule has 1 aromatic rings. The normalized spacial score (nSPS) is 17.8. The van der Waals surface area contributed by atoms with Crippen LogP contribution < -0.4 is 10.6 Å². The summed E-state index contributed by atoms with van der Waals surface area (Å²) in [6.45, 7) is 4.74. The number of carbonyl (C=O) groups is 1. The number of hydrogen-bond acceptors (Lipinski definition) is 3. The third kappa shape index (κ3) is 4.20. The van der Waals surface area contributed by atoms with Crippen LogP contribution in [0.3, 0.4) is 0 Å². The maximum atomic E-state index is 12.5. The predicted molar refractivity (Wildman–Crippen MR) is 83.1 cm³/mol. The molecule has 1 aromatic carbocycles. The van der Waals surface area contributed by atoms with Crippen LogP contribution in [0.25, 0.3) is 0 Å². The molecule has 2 amide bonds. The molecule has 21 heavy (non-hydrogen) atoms. The Kier molecular flexibility index (Phi) is 5.59. The second-order valence-corrected chi connectivity index (χ2v) is 5.31. The van der Waals surface area contributed by atoms with E-state index in [4.69, 9.17) is 5.26 Å². The number of hydrogen-bond donors (Lipinski definition) is 2. The lowest BCUT2D eigenvalue weighted by molar-refractivity contribution is 0.173. The van der Waals surface area contributed by atoms with Crippen molar-refractivity contribution in [1.29, 1.82) is 5.26 Å². The zero-order chi connectivity index (χ0) is 15.1. The molecular weight excluding hydrogens is 264 g/mol. The largest absolute Gasteiger partial charge is 0.322 e. The molecule has 0 radical (unpaired) electrons. The van der Waals surface area contributed by atoms with E-state index < -0.39 is 0 Å². The smallest absolute Gasteiger partial charge is 0.320 e. The molecule has 1 fully saturated rings. The lowest BCUT2D eigenvalue weighted by atomic mass is 10.1. The van der Waals surface area contributed by atoms with Gasteiger partial charge in [-0.15, -0.1) is 0 Å². The number of anilines is 1. The minimum absolute atomic E-state index is 0.0599. The summed E-state index contributed by atoms with van der Waals surface area (Å²) in [4.78, 5) is 14.4. The van der Waals surface area contributed by atoms with E-state index in [0.29, 0.717) is 5.56 Å². The van der Waals surface area contributed by atoms with Gasteiger partial charge in [-0.05, 0) is 50.1 Å². The van der Waals surface area contributed by atoms with Crippen molar-refractivity contribution >= 4 is 11.7 Å². The average molecular weight is 286 g/mol. The summed E-state index contributed by atoms with van der Waals surface area (Å²) in [5.74, 6) is 0. The lowest BCUT2D eigenvalue weighted by Gasteiger charge is -2.34. The van der Waals surface area contributed by atoms with E-state index in [1.807, 2.05) is 4.90 Å². The van der Waals surface area contributed by atoms with Crippen LogP contribution >= 0.6 is 0 Å². The molecule has 0 spiro atoms. The molecule has 1 aliphatic rings. The van der Waals surface area contributed by atoms with Gasteiger partial charge in [0.25, 0.3) is 0 Å². The molecule has 2 N–H and O–H groups in total. The number of carbonyl (C=O) groups excluding carboxylic acids is 1. The number of amides is 2. The van der Waals surface area contributed by atoms with Gasteiger partial charge in [-0.2, -0.15) is 5.26 Å². The van der Waals surface area contributed by atoms with Gasteiger partial charge in [0.1, 0.15) is 0 Å². The summed E-state index contributed by atoms with van der Waals surface area (Å²) in [7, 11) is 0. The summed E-state index contributed by atoms with van der Waals surface area (Å²) in [5.41, 5.74) is 1.32. The molecule has 0 aliphatic carbocycles. The van der Waals surface area contributed by atoms with Crippen molar-refractivity contribution in [2.45, 2.75) is 32.2 Å². The molecular formula is C16H22N4O. The molecule has 1 aliphatic heterocycles. The molecule has 0 aromatic heterocycles. The van der Waals surface area contributed by atoms with Crippen LogP contribution in [0.4, 0.5) is 10.5 Å². The number of nitrogens with zero attached hydrogens (tertiary/aromatic N) is 2. The van der Waals surface area contributed by atoms with Crippen molar-refractivity contribution < 1.29 is 4.79 Å². The molecule has 0 bridgehead atoms. The highest BCUT2D eigenvalue weighted by Crippen LogP contribution is 2.15. The van der Waals surface area contributed by atoms with Gasteiger partial charge in [0.2, 0.25) is 0 Å². The van der Waals surface area contributed by atoms with Crippen LogP contribution in [-0.2, 0) is 0 Å². The van der Waals surface area contributed by atoms with Crippen LogP contribution in [0.15, 0.2) is 24.3 Å². The third-order valence-electron chi connectivity index (χ3n) is 3.70. The number of nitriles is 1. The van der Waals surface area contributed by atoms with Gasteiger partial charge >= 0.3 is 6.03 Å². The number of rotatable bonds is 4. The Morgan fingerprint density at radius 3 is 2.81 bits per heavy atom. The summed E-state index contributed by atoms with van der Waals surface area (Å²) >= 11 is 0. The molecule has 2 rings (SSSR count). The number of nitrogens with one attached hydrogen (secondary N) is 2. The van der Waals surface area contributed by atoms with E-state index in [1.54, 1.807) is 24.3 Å². The monoisotopic (exact) mass is 286 g/mol. The summed E-state index contributed by atoms with van der Waals surface area (Å²) in [6.07, 6.45) is 3.10. The van der Waals surface area contributed by atoms with E-state index in [-0.39, 0.29) is 12.1 Å². The first-order chi connectivity index (χ1) is 10.2. The van der Waals surface area contributed by atoms with Gasteiger partial charge in [0, 0.05) is 24.8 Å². The highest BCUT2D eigenvalue weighted by molar-refractivity contribution is 5.89. The second kappa shape index (κ2) is 7.65. The minimum Gasteiger partial charge on any atom is -0.320 e. The minimum atomic E-state index is -0.0599. The maximum Gasteiger partial charge on any atom is 0.322 e. The van der Waals surface area contributed by atoms with Crippen LogP contribution in [0, 0.1) is 11.3 Å². The Balaban J connectivity index is 2.01. The summed E-state index contributed by atoms with van der Waals surface area (Å²) in [5, 5.41) is 15.1. The van der Waals surface area contributed by atoms with Gasteiger partial charge in [-0.3, -0.25) is 0 Å². The molecule has 1 unspecified atom stereocenters. The predicted octanol–water partition coefficient (Wildman–Crippen LogP) is 2.55. The Labute approximate surface area is 125 Å². The number of benzene rings is 1. The topological polar surface area (TPSA) is 68.2 Å². The highest BCUT2D eigenvalue weighted by atomic mass is 16.2. The summed E-state index contributed by atoms with van der Waals surface area (Å²) < 4.78 is 0. The Morgan fingerprint density at radius 2 is 2.24 bits per heavy atom. The SMILES string of the molecule is CCCN(C(=O)Nc1ccc(C#N)cc1)C1CCCNC1. The number of piperidine rings is 1. The van der Waals surface area contributed by atoms with Crippen molar-refractivity contribution in [3.8, 4) is 6.07 Å². The van der Waals surface area contributed by atoms with E-state index in [2.05, 4.69) is 23.6 Å². The van der Waals surface area contributed by atoms with Crippen LogP contribution in [0.1, 0.15) is 31.7 Å². The first kappa shape index (κ1) is 15.3. The molecule has 5 nitrogen and oxygen atoms in total. The van der Waals surface area contributed by atoms with E-state index in [1.165, 1.54) is 0 Å². The van der Waals surface area contributed by atoms with Gasteiger partial charge in [-0.25, -0.2) is 4.79 Å². The molecule has 1 atom stereocenters. The average Bonchev–Trinajstić information content (AvgIpc) is 2.54. The molecule has 0 saturated carbocycles. The van der Waals surface area contributed by atoms with Gasteiger partial charge in [0.15, 0.2) is 0 Å². The third-order valence-corrected chi connectivity index (χ3v) is 3.70. The van der Waals surface area contributed by atoms with Crippen LogP contribution in [0.5, 0.6) is 0 Å². The zero-order valence-corrected chi connectivity index (χ0v) is 12.4. The van der Waals surface area contributed by atoms with Crippen LogP contribution in [0.2, 0.25) is 0 Å². The van der Waals surface area contributed by atoms with Gasteiger partial charge in [0.05, 0.1) is 11.6 Å². The Morgan fingerprint density at radius 1 is 1.48 bits per heavy atom. The Bertz CT molecular complexity index is 500. The lowest BCUT2D eigenvalue weighted by Crippen LogP contribution is -2.50.